The Kier molecular flexibility index (Phi) is 7.23. The standard InChI is InChI=1S/C8H16N2O3S/c1-6(4-11)5-14-3-2-7(12)10-8(9)13/h6,11H,2-5H2,1H3,(H3,9,10,12,13). The van der Waals surface area contributed by atoms with Crippen molar-refractivity contribution in [3.63, 3.8) is 0 Å². The van der Waals surface area contributed by atoms with Gasteiger partial charge in [-0.3, -0.25) is 10.1 Å². The number of amides is 3. The molecule has 4 N–H and O–H groups in total. The third-order valence-corrected chi connectivity index (χ3v) is 2.75. The van der Waals surface area contributed by atoms with Crippen molar-refractivity contribution < 1.29 is 14.7 Å². The minimum atomic E-state index is -0.816. The Bertz CT molecular complexity index is 199. The van der Waals surface area contributed by atoms with Crippen molar-refractivity contribution in [2.45, 2.75) is 13.3 Å². The monoisotopic (exact) mass is 220 g/mol. The fourth-order valence-electron chi connectivity index (χ4n) is 0.702. The number of nitrogens with one attached hydrogen (secondary N) is 1. The summed E-state index contributed by atoms with van der Waals surface area (Å²) in [4.78, 5) is 21.1. The molecule has 0 saturated carbocycles. The molecule has 0 rings (SSSR count). The smallest absolute Gasteiger partial charge is 0.318 e. The van der Waals surface area contributed by atoms with E-state index in [0.29, 0.717) is 5.75 Å². The maximum atomic E-state index is 10.9. The van der Waals surface area contributed by atoms with Gasteiger partial charge in [-0.1, -0.05) is 6.92 Å². The van der Waals surface area contributed by atoms with Crippen LogP contribution in [0.25, 0.3) is 0 Å². The summed E-state index contributed by atoms with van der Waals surface area (Å²) in [5, 5.41) is 10.7. The van der Waals surface area contributed by atoms with Gasteiger partial charge in [0, 0.05) is 18.8 Å². The third kappa shape index (κ3) is 7.88. The van der Waals surface area contributed by atoms with Crippen LogP contribution >= 0.6 is 11.8 Å². The molecule has 3 amide bonds. The molecule has 0 heterocycles. The number of carbonyl (C=O) groups excluding carboxylic acids is 2. The molecule has 0 bridgehead atoms. The van der Waals surface area contributed by atoms with Crippen molar-refractivity contribution in [2.24, 2.45) is 11.7 Å². The lowest BCUT2D eigenvalue weighted by molar-refractivity contribution is -0.119. The first-order chi connectivity index (χ1) is 6.56. The van der Waals surface area contributed by atoms with Gasteiger partial charge in [0.1, 0.15) is 0 Å². The molecule has 0 aromatic heterocycles. The van der Waals surface area contributed by atoms with Crippen LogP contribution in [0.2, 0.25) is 0 Å². The van der Waals surface area contributed by atoms with Gasteiger partial charge in [0.05, 0.1) is 0 Å². The molecule has 14 heavy (non-hydrogen) atoms. The number of imide groups is 1. The second-order valence-corrected chi connectivity index (χ2v) is 4.17. The van der Waals surface area contributed by atoms with Crippen LogP contribution in [-0.2, 0) is 4.79 Å². The lowest BCUT2D eigenvalue weighted by atomic mass is 10.2. The summed E-state index contributed by atoms with van der Waals surface area (Å²) in [6.45, 7) is 2.08. The van der Waals surface area contributed by atoms with Crippen molar-refractivity contribution in [3.8, 4) is 0 Å². The van der Waals surface area contributed by atoms with Gasteiger partial charge in [-0.2, -0.15) is 11.8 Å². The van der Waals surface area contributed by atoms with Crippen LogP contribution in [0.3, 0.4) is 0 Å². The van der Waals surface area contributed by atoms with E-state index in [9.17, 15) is 9.59 Å². The molecule has 0 saturated heterocycles. The van der Waals surface area contributed by atoms with E-state index in [0.717, 1.165) is 5.75 Å². The highest BCUT2D eigenvalue weighted by atomic mass is 32.2. The first-order valence-corrected chi connectivity index (χ1v) is 5.49. The predicted molar refractivity (Wildman–Crippen MR) is 55.9 cm³/mol. The average molecular weight is 220 g/mol. The minimum absolute atomic E-state index is 0.153. The molecule has 0 spiro atoms. The molecule has 82 valence electrons. The van der Waals surface area contributed by atoms with Gasteiger partial charge in [-0.05, 0) is 11.7 Å². The van der Waals surface area contributed by atoms with Crippen LogP contribution in [0.1, 0.15) is 13.3 Å². The first-order valence-electron chi connectivity index (χ1n) is 4.34. The van der Waals surface area contributed by atoms with E-state index in [1.54, 1.807) is 11.8 Å². The van der Waals surface area contributed by atoms with Crippen molar-refractivity contribution >= 4 is 23.7 Å². The quantitative estimate of drug-likeness (QED) is 0.546. The van der Waals surface area contributed by atoms with Crippen molar-refractivity contribution in [1.82, 2.24) is 5.32 Å². The Morgan fingerprint density at radius 2 is 2.21 bits per heavy atom. The van der Waals surface area contributed by atoms with E-state index >= 15 is 0 Å². The highest BCUT2D eigenvalue weighted by molar-refractivity contribution is 7.99. The van der Waals surface area contributed by atoms with Crippen molar-refractivity contribution in [1.29, 1.82) is 0 Å². The van der Waals surface area contributed by atoms with E-state index in [1.165, 1.54) is 0 Å². The van der Waals surface area contributed by atoms with Crippen LogP contribution in [0, 0.1) is 5.92 Å². The normalized spacial score (nSPS) is 12.1. The van der Waals surface area contributed by atoms with Crippen LogP contribution in [0.4, 0.5) is 4.79 Å². The molecule has 5 nitrogen and oxygen atoms in total. The summed E-state index contributed by atoms with van der Waals surface area (Å²) in [5.74, 6) is 1.31. The number of aliphatic hydroxyl groups excluding tert-OH is 1. The molecule has 0 aromatic carbocycles. The number of hydrogen-bond donors (Lipinski definition) is 3. The van der Waals surface area contributed by atoms with E-state index < -0.39 is 6.03 Å². The van der Waals surface area contributed by atoms with Crippen LogP contribution < -0.4 is 11.1 Å². The minimum Gasteiger partial charge on any atom is -0.396 e. The summed E-state index contributed by atoms with van der Waals surface area (Å²) in [5.41, 5.74) is 4.76. The van der Waals surface area contributed by atoms with Crippen LogP contribution in [-0.4, -0.2) is 35.2 Å². The number of nitrogens with two attached hydrogens (primary N) is 1. The number of rotatable bonds is 6. The summed E-state index contributed by atoms with van der Waals surface area (Å²) < 4.78 is 0. The van der Waals surface area contributed by atoms with E-state index in [1.807, 2.05) is 12.2 Å². The molecule has 0 aromatic rings. The Labute approximate surface area is 87.4 Å². The third-order valence-electron chi connectivity index (χ3n) is 1.45. The Balaban J connectivity index is 3.36. The molecular weight excluding hydrogens is 204 g/mol. The maximum absolute atomic E-state index is 10.9. The van der Waals surface area contributed by atoms with Crippen molar-refractivity contribution in [3.05, 3.63) is 0 Å². The maximum Gasteiger partial charge on any atom is 0.318 e. The van der Waals surface area contributed by atoms with Crippen molar-refractivity contribution in [2.75, 3.05) is 18.1 Å². The number of hydrogen-bond acceptors (Lipinski definition) is 4. The fraction of sp³-hybridized carbons (Fsp3) is 0.750. The van der Waals surface area contributed by atoms with E-state index in [2.05, 4.69) is 0 Å². The zero-order chi connectivity index (χ0) is 11.0. The number of carbonyl (C=O) groups is 2. The molecule has 0 aliphatic carbocycles. The highest BCUT2D eigenvalue weighted by Gasteiger charge is 2.04. The van der Waals surface area contributed by atoms with Gasteiger partial charge in [0.15, 0.2) is 0 Å². The predicted octanol–water partition coefficient (Wildman–Crippen LogP) is -0.0670. The SMILES string of the molecule is CC(CO)CSCCC(=O)NC(N)=O. The second kappa shape index (κ2) is 7.64. The number of primary amides is 1. The average Bonchev–Trinajstić information content (AvgIpc) is 2.10. The van der Waals surface area contributed by atoms with E-state index in [4.69, 9.17) is 10.8 Å². The molecule has 0 fully saturated rings. The molecule has 1 unspecified atom stereocenters. The lowest BCUT2D eigenvalue weighted by Crippen LogP contribution is -2.35. The fourth-order valence-corrected chi connectivity index (χ4v) is 1.71. The Morgan fingerprint density at radius 3 is 2.71 bits per heavy atom. The number of thioether (sulfide) groups is 1. The van der Waals surface area contributed by atoms with Crippen LogP contribution in [0.15, 0.2) is 0 Å². The Morgan fingerprint density at radius 1 is 1.57 bits per heavy atom. The van der Waals surface area contributed by atoms with Gasteiger partial charge in [0.2, 0.25) is 5.91 Å². The number of aliphatic hydroxyl groups is 1. The van der Waals surface area contributed by atoms with Gasteiger partial charge < -0.3 is 10.8 Å². The largest absolute Gasteiger partial charge is 0.396 e. The van der Waals surface area contributed by atoms with Gasteiger partial charge in [0.25, 0.3) is 0 Å². The zero-order valence-electron chi connectivity index (χ0n) is 8.16. The molecular formula is C8H16N2O3S. The summed E-state index contributed by atoms with van der Waals surface area (Å²) in [6.07, 6.45) is 0.270. The Hall–Kier alpha value is -0.750. The zero-order valence-corrected chi connectivity index (χ0v) is 8.97. The molecule has 6 heteroatoms. The molecule has 1 atom stereocenters. The summed E-state index contributed by atoms with van der Waals surface area (Å²) in [7, 11) is 0. The highest BCUT2D eigenvalue weighted by Crippen LogP contribution is 2.08. The van der Waals surface area contributed by atoms with Gasteiger partial charge in [-0.15, -0.1) is 0 Å². The number of urea groups is 1. The summed E-state index contributed by atoms with van der Waals surface area (Å²) >= 11 is 1.57. The lowest BCUT2D eigenvalue weighted by Gasteiger charge is -2.06. The topological polar surface area (TPSA) is 92.4 Å². The molecule has 0 radical (unpaired) electrons. The summed E-state index contributed by atoms with van der Waals surface area (Å²) in [6, 6.07) is -0.816. The first kappa shape index (κ1) is 13.2. The molecule has 0 aliphatic heterocycles. The molecule has 0 aliphatic rings. The van der Waals surface area contributed by atoms with Gasteiger partial charge >= 0.3 is 6.03 Å². The van der Waals surface area contributed by atoms with Gasteiger partial charge in [-0.25, -0.2) is 4.79 Å². The second-order valence-electron chi connectivity index (χ2n) is 3.03. The van der Waals surface area contributed by atoms with E-state index in [-0.39, 0.29) is 24.9 Å². The van der Waals surface area contributed by atoms with Crippen LogP contribution in [0.5, 0.6) is 0 Å².